The molecule has 0 unspecified atom stereocenters. The van der Waals surface area contributed by atoms with Gasteiger partial charge in [-0.25, -0.2) is 0 Å². The van der Waals surface area contributed by atoms with Gasteiger partial charge in [-0.1, -0.05) is 36.1 Å². The van der Waals surface area contributed by atoms with Crippen LogP contribution in [0, 0.1) is 0 Å². The first kappa shape index (κ1) is 8.15. The van der Waals surface area contributed by atoms with E-state index in [1.54, 1.807) is 0 Å². The van der Waals surface area contributed by atoms with Crippen LogP contribution in [-0.4, -0.2) is 18.5 Å². The Morgan fingerprint density at radius 3 is 2.46 bits per heavy atom. The predicted molar refractivity (Wildman–Crippen MR) is 55.2 cm³/mol. The molecular weight excluding hydrogens is 158 g/mol. The van der Waals surface area contributed by atoms with Gasteiger partial charge in [0.1, 0.15) is 0 Å². The second-order valence-corrected chi connectivity index (χ2v) is 3.48. The monoisotopic (exact) mass is 171 g/mol. The molecule has 0 spiro atoms. The Labute approximate surface area is 79.0 Å². The van der Waals surface area contributed by atoms with Gasteiger partial charge in [-0.3, -0.25) is 0 Å². The van der Waals surface area contributed by atoms with Crippen LogP contribution in [0.1, 0.15) is 12.5 Å². The highest BCUT2D eigenvalue weighted by Gasteiger charge is 2.12. The number of hydrogen-bond donors (Lipinski definition) is 0. The Bertz CT molecular complexity index is 369. The molecule has 0 radical (unpaired) electrons. The van der Waals surface area contributed by atoms with Gasteiger partial charge in [0.15, 0.2) is 0 Å². The molecule has 0 saturated heterocycles. The summed E-state index contributed by atoms with van der Waals surface area (Å²) >= 11 is 0. The van der Waals surface area contributed by atoms with E-state index >= 15 is 0 Å². The number of rotatable bonds is 1. The first-order valence-electron chi connectivity index (χ1n) is 4.50. The Morgan fingerprint density at radius 2 is 1.92 bits per heavy atom. The van der Waals surface area contributed by atoms with Crippen molar-refractivity contribution in [3.8, 4) is 0 Å². The highest BCUT2D eigenvalue weighted by atomic mass is 15.1. The Morgan fingerprint density at radius 1 is 1.23 bits per heavy atom. The molecule has 66 valence electrons. The van der Waals surface area contributed by atoms with E-state index in [0.717, 1.165) is 6.54 Å². The highest BCUT2D eigenvalue weighted by Crippen LogP contribution is 2.22. The van der Waals surface area contributed by atoms with Crippen molar-refractivity contribution >= 4 is 5.70 Å². The summed E-state index contributed by atoms with van der Waals surface area (Å²) in [6.07, 6.45) is 0. The van der Waals surface area contributed by atoms with E-state index in [9.17, 15) is 0 Å². The summed E-state index contributed by atoms with van der Waals surface area (Å²) in [5.41, 5.74) is 7.14. The zero-order chi connectivity index (χ0) is 9.26. The normalized spacial score (nSPS) is 15.7. The third kappa shape index (κ3) is 1.51. The maximum absolute atomic E-state index is 3.38. The molecule has 0 saturated carbocycles. The SMILES string of the molecule is CC1=C=C(c2ccccc2)N(C)C1. The van der Waals surface area contributed by atoms with Crippen molar-refractivity contribution in [2.24, 2.45) is 0 Å². The lowest BCUT2D eigenvalue weighted by atomic mass is 10.2. The third-order valence-electron chi connectivity index (χ3n) is 2.24. The van der Waals surface area contributed by atoms with E-state index in [4.69, 9.17) is 0 Å². The van der Waals surface area contributed by atoms with Crippen LogP contribution < -0.4 is 0 Å². The fourth-order valence-corrected chi connectivity index (χ4v) is 1.66. The van der Waals surface area contributed by atoms with Gasteiger partial charge in [0, 0.05) is 19.2 Å². The molecule has 0 aliphatic carbocycles. The minimum atomic E-state index is 1.00. The van der Waals surface area contributed by atoms with Crippen LogP contribution >= 0.6 is 0 Å². The zero-order valence-electron chi connectivity index (χ0n) is 8.04. The van der Waals surface area contributed by atoms with Crippen LogP contribution in [0.25, 0.3) is 5.70 Å². The second-order valence-electron chi connectivity index (χ2n) is 3.48. The lowest BCUT2D eigenvalue weighted by molar-refractivity contribution is 0.538. The smallest absolute Gasteiger partial charge is 0.0873 e. The minimum Gasteiger partial charge on any atom is -0.363 e. The quantitative estimate of drug-likeness (QED) is 0.587. The molecule has 1 aromatic rings. The van der Waals surface area contributed by atoms with Crippen molar-refractivity contribution in [2.45, 2.75) is 6.92 Å². The van der Waals surface area contributed by atoms with Gasteiger partial charge in [-0.05, 0) is 12.5 Å². The van der Waals surface area contributed by atoms with Crippen LogP contribution in [0.4, 0.5) is 0 Å². The molecule has 0 atom stereocenters. The van der Waals surface area contributed by atoms with Crippen molar-refractivity contribution in [3.63, 3.8) is 0 Å². The molecule has 0 amide bonds. The summed E-state index contributed by atoms with van der Waals surface area (Å²) < 4.78 is 0. The lowest BCUT2D eigenvalue weighted by Gasteiger charge is -2.15. The summed E-state index contributed by atoms with van der Waals surface area (Å²) in [4.78, 5) is 2.23. The van der Waals surface area contributed by atoms with Crippen LogP contribution in [-0.2, 0) is 0 Å². The molecule has 2 rings (SSSR count). The first-order chi connectivity index (χ1) is 6.27. The van der Waals surface area contributed by atoms with E-state index in [-0.39, 0.29) is 0 Å². The van der Waals surface area contributed by atoms with Crippen LogP contribution in [0.3, 0.4) is 0 Å². The molecule has 1 aliphatic heterocycles. The van der Waals surface area contributed by atoms with E-state index in [1.165, 1.54) is 16.8 Å². The van der Waals surface area contributed by atoms with Gasteiger partial charge < -0.3 is 4.90 Å². The van der Waals surface area contributed by atoms with E-state index in [2.05, 4.69) is 48.9 Å². The van der Waals surface area contributed by atoms with Crippen LogP contribution in [0.5, 0.6) is 0 Å². The molecule has 0 aromatic heterocycles. The van der Waals surface area contributed by atoms with Gasteiger partial charge in [0.05, 0.1) is 5.70 Å². The summed E-state index contributed by atoms with van der Waals surface area (Å²) in [6.45, 7) is 3.12. The molecule has 1 nitrogen and oxygen atoms in total. The second kappa shape index (κ2) is 3.12. The maximum atomic E-state index is 3.38. The summed E-state index contributed by atoms with van der Waals surface area (Å²) in [5, 5.41) is 0. The Kier molecular flexibility index (Phi) is 1.96. The summed E-state index contributed by atoms with van der Waals surface area (Å²) in [5.74, 6) is 0. The topological polar surface area (TPSA) is 3.24 Å². The van der Waals surface area contributed by atoms with Crippen molar-refractivity contribution < 1.29 is 0 Å². The molecule has 13 heavy (non-hydrogen) atoms. The van der Waals surface area contributed by atoms with Gasteiger partial charge in [-0.15, -0.1) is 0 Å². The average molecular weight is 171 g/mol. The summed E-state index contributed by atoms with van der Waals surface area (Å²) in [6, 6.07) is 10.4. The molecular formula is C12H13N. The molecule has 0 bridgehead atoms. The number of likely N-dealkylation sites (N-methyl/N-ethyl adjacent to an activating group) is 1. The van der Waals surface area contributed by atoms with Crippen LogP contribution in [0.15, 0.2) is 41.6 Å². The van der Waals surface area contributed by atoms with Crippen molar-refractivity contribution in [3.05, 3.63) is 47.2 Å². The van der Waals surface area contributed by atoms with Gasteiger partial charge in [-0.2, -0.15) is 0 Å². The fourth-order valence-electron chi connectivity index (χ4n) is 1.66. The van der Waals surface area contributed by atoms with Crippen molar-refractivity contribution in [1.29, 1.82) is 0 Å². The maximum Gasteiger partial charge on any atom is 0.0873 e. The molecule has 1 heteroatoms. The Balaban J connectivity index is 2.43. The molecule has 0 fully saturated rings. The lowest BCUT2D eigenvalue weighted by Crippen LogP contribution is -2.13. The van der Waals surface area contributed by atoms with E-state index in [1.807, 2.05) is 6.07 Å². The van der Waals surface area contributed by atoms with E-state index in [0.29, 0.717) is 0 Å². The third-order valence-corrected chi connectivity index (χ3v) is 2.24. The fraction of sp³-hybridized carbons (Fsp3) is 0.250. The minimum absolute atomic E-state index is 1.00. The standard InChI is InChI=1S/C12H13N/c1-10-8-12(13(2)9-10)11-6-4-3-5-7-11/h3-7H,9H2,1-2H3. The van der Waals surface area contributed by atoms with Crippen LogP contribution in [0.2, 0.25) is 0 Å². The average Bonchev–Trinajstić information content (AvgIpc) is 2.47. The Hall–Kier alpha value is -1.46. The van der Waals surface area contributed by atoms with Crippen molar-refractivity contribution in [1.82, 2.24) is 4.90 Å². The highest BCUT2D eigenvalue weighted by molar-refractivity contribution is 5.66. The summed E-state index contributed by atoms with van der Waals surface area (Å²) in [7, 11) is 2.10. The van der Waals surface area contributed by atoms with Gasteiger partial charge in [0.2, 0.25) is 0 Å². The molecule has 1 aromatic carbocycles. The van der Waals surface area contributed by atoms with E-state index < -0.39 is 0 Å². The molecule has 1 aliphatic rings. The first-order valence-corrected chi connectivity index (χ1v) is 4.50. The largest absolute Gasteiger partial charge is 0.363 e. The number of nitrogens with zero attached hydrogens (tertiary/aromatic N) is 1. The number of benzene rings is 1. The zero-order valence-corrected chi connectivity index (χ0v) is 8.04. The molecule has 1 heterocycles. The number of hydrogen-bond acceptors (Lipinski definition) is 1. The predicted octanol–water partition coefficient (Wildman–Crippen LogP) is 2.52. The van der Waals surface area contributed by atoms with Gasteiger partial charge in [0.25, 0.3) is 0 Å². The van der Waals surface area contributed by atoms with Crippen molar-refractivity contribution in [2.75, 3.05) is 13.6 Å². The van der Waals surface area contributed by atoms with Gasteiger partial charge >= 0.3 is 0 Å². The molecule has 0 N–H and O–H groups in total.